The van der Waals surface area contributed by atoms with E-state index >= 15 is 0 Å². The molecule has 0 unspecified atom stereocenters. The van der Waals surface area contributed by atoms with Gasteiger partial charge in [-0.25, -0.2) is 4.98 Å². The molecule has 0 N–H and O–H groups in total. The fourth-order valence-electron chi connectivity index (χ4n) is 4.34. The second-order valence-corrected chi connectivity index (χ2v) is 9.99. The van der Waals surface area contributed by atoms with Crippen molar-refractivity contribution in [2.45, 2.75) is 33.0 Å². The largest absolute Gasteiger partial charge is 0.493 e. The third-order valence-electron chi connectivity index (χ3n) is 6.47. The van der Waals surface area contributed by atoms with E-state index < -0.39 is 0 Å². The van der Waals surface area contributed by atoms with Crippen LogP contribution in [0.4, 0.5) is 0 Å². The lowest BCUT2D eigenvalue weighted by Crippen LogP contribution is -2.21. The summed E-state index contributed by atoms with van der Waals surface area (Å²) in [7, 11) is 0. The number of hydrogen-bond donors (Lipinski definition) is 0. The van der Waals surface area contributed by atoms with Crippen LogP contribution in [0.5, 0.6) is 17.2 Å². The Hall–Kier alpha value is -3.09. The normalized spacial score (nSPS) is 14.1. The number of hydrogen-bond acceptors (Lipinski definition) is 5. The summed E-state index contributed by atoms with van der Waals surface area (Å²) in [6.45, 7) is 5.21. The van der Waals surface area contributed by atoms with Crippen LogP contribution in [0.15, 0.2) is 77.3 Å². The molecule has 6 heteroatoms. The number of halogens is 1. The lowest BCUT2D eigenvalue weighted by molar-refractivity contribution is 0.0497. The quantitative estimate of drug-likeness (QED) is 0.220. The van der Waals surface area contributed by atoms with Gasteiger partial charge in [-0.1, -0.05) is 52.3 Å². The summed E-state index contributed by atoms with van der Waals surface area (Å²) in [6.07, 6.45) is 2.10. The van der Waals surface area contributed by atoms with E-state index in [1.54, 1.807) is 0 Å². The summed E-state index contributed by atoms with van der Waals surface area (Å²) in [5.41, 5.74) is 3.82. The Morgan fingerprint density at radius 3 is 2.44 bits per heavy atom. The third-order valence-corrected chi connectivity index (χ3v) is 6.96. The molecular formula is C30H30BrNO4. The zero-order valence-electron chi connectivity index (χ0n) is 20.4. The van der Waals surface area contributed by atoms with Crippen molar-refractivity contribution in [1.29, 1.82) is 0 Å². The van der Waals surface area contributed by atoms with Crippen molar-refractivity contribution in [3.63, 3.8) is 0 Å². The summed E-state index contributed by atoms with van der Waals surface area (Å²) in [6, 6.07) is 24.1. The minimum Gasteiger partial charge on any atom is -0.493 e. The van der Waals surface area contributed by atoms with Crippen molar-refractivity contribution in [2.24, 2.45) is 5.92 Å². The predicted octanol–water partition coefficient (Wildman–Crippen LogP) is 7.27. The van der Waals surface area contributed by atoms with Gasteiger partial charge in [0.2, 0.25) is 0 Å². The van der Waals surface area contributed by atoms with Crippen molar-refractivity contribution in [1.82, 2.24) is 4.98 Å². The van der Waals surface area contributed by atoms with Gasteiger partial charge >= 0.3 is 0 Å². The van der Waals surface area contributed by atoms with Crippen LogP contribution in [0.3, 0.4) is 0 Å². The van der Waals surface area contributed by atoms with Gasteiger partial charge in [-0.3, -0.25) is 0 Å². The highest BCUT2D eigenvalue weighted by atomic mass is 79.9. The number of aromatic nitrogens is 1. The molecule has 5 rings (SSSR count). The second kappa shape index (κ2) is 11.8. The SMILES string of the molecule is Cc1c(COc2cccc(OCC3CCOCC3)c2)nc2ccc(Br)cc2c1OCc1ccccc1. The molecule has 2 heterocycles. The van der Waals surface area contributed by atoms with Gasteiger partial charge in [0.15, 0.2) is 0 Å². The molecule has 3 aromatic carbocycles. The van der Waals surface area contributed by atoms with Crippen LogP contribution in [-0.4, -0.2) is 24.8 Å². The average molecular weight is 548 g/mol. The van der Waals surface area contributed by atoms with Gasteiger partial charge in [0.05, 0.1) is 17.8 Å². The fraction of sp³-hybridized carbons (Fsp3) is 0.300. The molecule has 0 radical (unpaired) electrons. The van der Waals surface area contributed by atoms with E-state index in [1.807, 2.05) is 61.5 Å². The van der Waals surface area contributed by atoms with Gasteiger partial charge in [-0.2, -0.15) is 0 Å². The maximum absolute atomic E-state index is 6.35. The molecule has 1 saturated heterocycles. The van der Waals surface area contributed by atoms with Gasteiger partial charge in [-0.05, 0) is 61.6 Å². The van der Waals surface area contributed by atoms with Crippen LogP contribution in [0.25, 0.3) is 10.9 Å². The minimum absolute atomic E-state index is 0.336. The van der Waals surface area contributed by atoms with E-state index in [-0.39, 0.29) is 0 Å². The van der Waals surface area contributed by atoms with Gasteiger partial charge in [0.1, 0.15) is 30.5 Å². The molecule has 0 spiro atoms. The Kier molecular flexibility index (Phi) is 8.04. The van der Waals surface area contributed by atoms with Crippen LogP contribution in [0.1, 0.15) is 29.7 Å². The van der Waals surface area contributed by atoms with E-state index in [9.17, 15) is 0 Å². The van der Waals surface area contributed by atoms with Crippen molar-refractivity contribution in [3.8, 4) is 17.2 Å². The van der Waals surface area contributed by atoms with Crippen molar-refractivity contribution in [3.05, 3.63) is 94.1 Å². The van der Waals surface area contributed by atoms with Crippen molar-refractivity contribution >= 4 is 26.8 Å². The van der Waals surface area contributed by atoms with Crippen molar-refractivity contribution in [2.75, 3.05) is 19.8 Å². The van der Waals surface area contributed by atoms with Gasteiger partial charge in [0, 0.05) is 34.7 Å². The summed E-state index contributed by atoms with van der Waals surface area (Å²) in [5.74, 6) is 2.95. The molecule has 0 atom stereocenters. The first-order valence-corrected chi connectivity index (χ1v) is 13.1. The predicted molar refractivity (Wildman–Crippen MR) is 145 cm³/mol. The van der Waals surface area contributed by atoms with E-state index in [2.05, 4.69) is 34.1 Å². The molecule has 1 aliphatic heterocycles. The standard InChI is InChI=1S/C30H30BrNO4/c1-21-29(20-35-26-9-5-8-25(17-26)34-18-23-12-14-33-15-13-23)32-28-11-10-24(31)16-27(28)30(21)36-19-22-6-3-2-4-7-22/h2-11,16-17,23H,12-15,18-20H2,1H3. The average Bonchev–Trinajstić information content (AvgIpc) is 2.92. The third kappa shape index (κ3) is 6.18. The van der Waals surface area contributed by atoms with Crippen LogP contribution >= 0.6 is 15.9 Å². The second-order valence-electron chi connectivity index (χ2n) is 9.08. The maximum atomic E-state index is 6.35. The molecular weight excluding hydrogens is 518 g/mol. The first kappa shape index (κ1) is 24.6. The lowest BCUT2D eigenvalue weighted by atomic mass is 10.0. The molecule has 5 nitrogen and oxygen atoms in total. The zero-order valence-corrected chi connectivity index (χ0v) is 22.0. The number of nitrogens with zero attached hydrogens (tertiary/aromatic N) is 1. The number of rotatable bonds is 9. The van der Waals surface area contributed by atoms with Crippen LogP contribution in [-0.2, 0) is 18.0 Å². The van der Waals surface area contributed by atoms with Crippen molar-refractivity contribution < 1.29 is 18.9 Å². The number of fused-ring (bicyclic) bond motifs is 1. The molecule has 1 aliphatic rings. The van der Waals surface area contributed by atoms with Crippen LogP contribution in [0, 0.1) is 12.8 Å². The van der Waals surface area contributed by atoms with Gasteiger partial charge < -0.3 is 18.9 Å². The van der Waals surface area contributed by atoms with Crippen LogP contribution in [0.2, 0.25) is 0 Å². The Balaban J connectivity index is 1.32. The maximum Gasteiger partial charge on any atom is 0.134 e. The molecule has 4 aromatic rings. The first-order valence-electron chi connectivity index (χ1n) is 12.3. The van der Waals surface area contributed by atoms with Crippen LogP contribution < -0.4 is 14.2 Å². The molecule has 0 saturated carbocycles. The zero-order chi connectivity index (χ0) is 24.7. The van der Waals surface area contributed by atoms with Gasteiger partial charge in [-0.15, -0.1) is 0 Å². The first-order chi connectivity index (χ1) is 17.7. The molecule has 0 bridgehead atoms. The highest BCUT2D eigenvalue weighted by Gasteiger charge is 2.16. The van der Waals surface area contributed by atoms with E-state index in [0.29, 0.717) is 25.7 Å². The van der Waals surface area contributed by atoms with Gasteiger partial charge in [0.25, 0.3) is 0 Å². The number of benzene rings is 3. The summed E-state index contributed by atoms with van der Waals surface area (Å²) in [5, 5.41) is 0.977. The number of pyridine rings is 1. The molecule has 1 aromatic heterocycles. The smallest absolute Gasteiger partial charge is 0.134 e. The number of ether oxygens (including phenoxy) is 4. The highest BCUT2D eigenvalue weighted by Crippen LogP contribution is 2.34. The molecule has 186 valence electrons. The fourth-order valence-corrected chi connectivity index (χ4v) is 4.70. The summed E-state index contributed by atoms with van der Waals surface area (Å²) in [4.78, 5) is 4.90. The summed E-state index contributed by atoms with van der Waals surface area (Å²) < 4.78 is 25.0. The Morgan fingerprint density at radius 2 is 1.64 bits per heavy atom. The monoisotopic (exact) mass is 547 g/mol. The highest BCUT2D eigenvalue weighted by molar-refractivity contribution is 9.10. The van der Waals surface area contributed by atoms with E-state index in [1.165, 1.54) is 0 Å². The van der Waals surface area contributed by atoms with E-state index in [4.69, 9.17) is 23.9 Å². The topological polar surface area (TPSA) is 49.8 Å². The van der Waals surface area contributed by atoms with E-state index in [0.717, 1.165) is 75.5 Å². The minimum atomic E-state index is 0.336. The molecule has 0 amide bonds. The molecule has 0 aliphatic carbocycles. The Morgan fingerprint density at radius 1 is 0.861 bits per heavy atom. The Bertz CT molecular complexity index is 1310. The Labute approximate surface area is 220 Å². The molecule has 36 heavy (non-hydrogen) atoms. The summed E-state index contributed by atoms with van der Waals surface area (Å²) >= 11 is 3.59. The lowest BCUT2D eigenvalue weighted by Gasteiger charge is -2.22. The molecule has 1 fully saturated rings.